The number of amides is 2. The fourth-order valence-electron chi connectivity index (χ4n) is 2.66. The molecule has 0 spiro atoms. The van der Waals surface area contributed by atoms with E-state index in [-0.39, 0.29) is 11.8 Å². The Balaban J connectivity index is 2.02. The molecule has 1 heterocycles. The van der Waals surface area contributed by atoms with Gasteiger partial charge in [-0.15, -0.1) is 0 Å². The Hall–Kier alpha value is -1.26. The van der Waals surface area contributed by atoms with Crippen molar-refractivity contribution in [1.29, 1.82) is 0 Å². The Bertz CT molecular complexity index is 557. The molecule has 120 valence electrons. The summed E-state index contributed by atoms with van der Waals surface area (Å²) < 4.78 is 0. The Morgan fingerprint density at radius 2 is 1.86 bits per heavy atom. The highest BCUT2D eigenvalue weighted by Gasteiger charge is 2.20. The topological polar surface area (TPSA) is 40.6 Å². The van der Waals surface area contributed by atoms with Gasteiger partial charge in [-0.1, -0.05) is 23.2 Å². The fraction of sp³-hybridized carbons (Fsp3) is 0.500. The fourth-order valence-corrected chi connectivity index (χ4v) is 3.17. The number of benzene rings is 1. The van der Waals surface area contributed by atoms with Gasteiger partial charge in [0, 0.05) is 38.0 Å². The molecule has 0 atom stereocenters. The first-order valence-corrected chi connectivity index (χ1v) is 8.25. The molecule has 4 nitrogen and oxygen atoms in total. The summed E-state index contributed by atoms with van der Waals surface area (Å²) in [4.78, 5) is 27.5. The van der Waals surface area contributed by atoms with Crippen LogP contribution in [0.25, 0.3) is 0 Å². The third kappa shape index (κ3) is 4.37. The first-order valence-electron chi connectivity index (χ1n) is 7.50. The van der Waals surface area contributed by atoms with Crippen LogP contribution in [0.15, 0.2) is 18.2 Å². The number of hydrogen-bond donors (Lipinski definition) is 0. The van der Waals surface area contributed by atoms with E-state index in [9.17, 15) is 9.59 Å². The summed E-state index contributed by atoms with van der Waals surface area (Å²) in [6.45, 7) is 3.43. The highest BCUT2D eigenvalue weighted by molar-refractivity contribution is 6.36. The number of carbonyl (C=O) groups excluding carboxylic acids is 2. The summed E-state index contributed by atoms with van der Waals surface area (Å²) in [5.74, 6) is -0.0493. The molecule has 22 heavy (non-hydrogen) atoms. The van der Waals surface area contributed by atoms with Crippen molar-refractivity contribution in [2.24, 2.45) is 0 Å². The number of halogens is 2. The number of piperidine rings is 1. The summed E-state index contributed by atoms with van der Waals surface area (Å²) in [7, 11) is 0. The minimum absolute atomic E-state index is 0.0936. The Morgan fingerprint density at radius 1 is 1.18 bits per heavy atom. The van der Waals surface area contributed by atoms with Crippen molar-refractivity contribution in [1.82, 2.24) is 4.90 Å². The average molecular weight is 343 g/mol. The Morgan fingerprint density at radius 3 is 2.45 bits per heavy atom. The van der Waals surface area contributed by atoms with Gasteiger partial charge in [0.2, 0.25) is 11.8 Å². The monoisotopic (exact) mass is 342 g/mol. The third-order valence-corrected chi connectivity index (χ3v) is 4.38. The largest absolute Gasteiger partial charge is 0.343 e. The van der Waals surface area contributed by atoms with Gasteiger partial charge in [0.25, 0.3) is 0 Å². The van der Waals surface area contributed by atoms with E-state index in [1.165, 1.54) is 18.2 Å². The minimum Gasteiger partial charge on any atom is -0.343 e. The van der Waals surface area contributed by atoms with Crippen LogP contribution in [0.5, 0.6) is 0 Å². The normalized spacial score (nSPS) is 14.8. The zero-order chi connectivity index (χ0) is 16.1. The van der Waals surface area contributed by atoms with Crippen LogP contribution in [-0.4, -0.2) is 36.3 Å². The summed E-state index contributed by atoms with van der Waals surface area (Å²) >= 11 is 12.0. The molecule has 1 aliphatic heterocycles. The Kier molecular flexibility index (Phi) is 6.09. The van der Waals surface area contributed by atoms with E-state index < -0.39 is 0 Å². The average Bonchev–Trinajstić information content (AvgIpc) is 2.49. The molecular weight excluding hydrogens is 323 g/mol. The molecule has 1 saturated heterocycles. The maximum Gasteiger partial charge on any atom is 0.224 e. The van der Waals surface area contributed by atoms with Crippen molar-refractivity contribution < 1.29 is 9.59 Å². The maximum atomic E-state index is 12.2. The molecular formula is C16H20Cl2N2O2. The number of rotatable bonds is 4. The van der Waals surface area contributed by atoms with Gasteiger partial charge in [-0.25, -0.2) is 0 Å². The lowest BCUT2D eigenvalue weighted by Gasteiger charge is -2.28. The smallest absolute Gasteiger partial charge is 0.224 e. The van der Waals surface area contributed by atoms with Gasteiger partial charge < -0.3 is 9.80 Å². The highest BCUT2D eigenvalue weighted by Crippen LogP contribution is 2.29. The van der Waals surface area contributed by atoms with Gasteiger partial charge in [-0.2, -0.15) is 0 Å². The van der Waals surface area contributed by atoms with E-state index in [2.05, 4.69) is 0 Å². The molecule has 1 aromatic rings. The van der Waals surface area contributed by atoms with E-state index in [1.807, 2.05) is 4.90 Å². The van der Waals surface area contributed by atoms with Gasteiger partial charge in [0.15, 0.2) is 0 Å². The van der Waals surface area contributed by atoms with Crippen LogP contribution in [-0.2, 0) is 9.59 Å². The van der Waals surface area contributed by atoms with E-state index in [1.54, 1.807) is 18.2 Å². The van der Waals surface area contributed by atoms with Crippen LogP contribution in [0.4, 0.5) is 5.69 Å². The zero-order valence-corrected chi connectivity index (χ0v) is 14.2. The van der Waals surface area contributed by atoms with Gasteiger partial charge in [-0.05, 0) is 37.5 Å². The standard InChI is InChI=1S/C16H20Cl2N2O2/c1-12(21)20(15-6-5-13(17)11-14(15)18)10-7-16(22)19-8-3-2-4-9-19/h5-6,11H,2-4,7-10H2,1H3. The molecule has 0 bridgehead atoms. The second-order valence-corrected chi connectivity index (χ2v) is 6.30. The van der Waals surface area contributed by atoms with Crippen LogP contribution < -0.4 is 4.90 Å². The molecule has 0 radical (unpaired) electrons. The second-order valence-electron chi connectivity index (χ2n) is 5.46. The van der Waals surface area contributed by atoms with Crippen LogP contribution in [0.1, 0.15) is 32.6 Å². The number of carbonyl (C=O) groups is 2. The lowest BCUT2D eigenvalue weighted by Crippen LogP contribution is -2.39. The molecule has 0 unspecified atom stereocenters. The molecule has 1 fully saturated rings. The molecule has 2 amide bonds. The number of likely N-dealkylation sites (tertiary alicyclic amines) is 1. The summed E-state index contributed by atoms with van der Waals surface area (Å²) in [6, 6.07) is 4.99. The van der Waals surface area contributed by atoms with Crippen molar-refractivity contribution in [3.63, 3.8) is 0 Å². The van der Waals surface area contributed by atoms with Crippen LogP contribution in [0.3, 0.4) is 0 Å². The van der Waals surface area contributed by atoms with Crippen molar-refractivity contribution in [3.8, 4) is 0 Å². The van der Waals surface area contributed by atoms with Crippen LogP contribution >= 0.6 is 23.2 Å². The molecule has 6 heteroatoms. The predicted molar refractivity (Wildman–Crippen MR) is 89.5 cm³/mol. The van der Waals surface area contributed by atoms with Gasteiger partial charge >= 0.3 is 0 Å². The SMILES string of the molecule is CC(=O)N(CCC(=O)N1CCCCC1)c1ccc(Cl)cc1Cl. The molecule has 0 aromatic heterocycles. The van der Waals surface area contributed by atoms with Crippen molar-refractivity contribution in [3.05, 3.63) is 28.2 Å². The summed E-state index contributed by atoms with van der Waals surface area (Å²) in [5, 5.41) is 0.926. The lowest BCUT2D eigenvalue weighted by atomic mass is 10.1. The second kappa shape index (κ2) is 7.84. The van der Waals surface area contributed by atoms with Gasteiger partial charge in [0.1, 0.15) is 0 Å². The number of anilines is 1. The van der Waals surface area contributed by atoms with E-state index >= 15 is 0 Å². The first kappa shape index (κ1) is 17.1. The first-order chi connectivity index (χ1) is 10.5. The molecule has 0 N–H and O–H groups in total. The molecule has 0 aliphatic carbocycles. The van der Waals surface area contributed by atoms with Crippen molar-refractivity contribution in [2.75, 3.05) is 24.5 Å². The maximum absolute atomic E-state index is 12.2. The summed E-state index contributed by atoms with van der Waals surface area (Å²) in [6.07, 6.45) is 3.61. The van der Waals surface area contributed by atoms with E-state index in [0.717, 1.165) is 25.9 Å². The van der Waals surface area contributed by atoms with Gasteiger partial charge in [0.05, 0.1) is 10.7 Å². The Labute approximate surface area is 141 Å². The third-order valence-electron chi connectivity index (χ3n) is 3.84. The summed E-state index contributed by atoms with van der Waals surface area (Å²) in [5.41, 5.74) is 0.588. The predicted octanol–water partition coefficient (Wildman–Crippen LogP) is 3.75. The van der Waals surface area contributed by atoms with Crippen molar-refractivity contribution in [2.45, 2.75) is 32.6 Å². The lowest BCUT2D eigenvalue weighted by molar-refractivity contribution is -0.131. The number of hydrogen-bond acceptors (Lipinski definition) is 2. The van der Waals surface area contributed by atoms with E-state index in [4.69, 9.17) is 23.2 Å². The van der Waals surface area contributed by atoms with Crippen LogP contribution in [0, 0.1) is 0 Å². The van der Waals surface area contributed by atoms with Crippen molar-refractivity contribution >= 4 is 40.7 Å². The molecule has 1 aromatic carbocycles. The molecule has 0 saturated carbocycles. The highest BCUT2D eigenvalue weighted by atomic mass is 35.5. The molecule has 2 rings (SSSR count). The number of nitrogens with zero attached hydrogens (tertiary/aromatic N) is 2. The van der Waals surface area contributed by atoms with E-state index in [0.29, 0.717) is 28.7 Å². The quantitative estimate of drug-likeness (QED) is 0.835. The minimum atomic E-state index is -0.143. The van der Waals surface area contributed by atoms with Gasteiger partial charge in [-0.3, -0.25) is 9.59 Å². The van der Waals surface area contributed by atoms with Crippen LogP contribution in [0.2, 0.25) is 10.0 Å². The zero-order valence-electron chi connectivity index (χ0n) is 12.6. The molecule has 1 aliphatic rings.